The van der Waals surface area contributed by atoms with Gasteiger partial charge < -0.3 is 14.9 Å². The van der Waals surface area contributed by atoms with Gasteiger partial charge in [-0.15, -0.1) is 0 Å². The number of aliphatic hydroxyl groups excluding tert-OH is 1. The highest BCUT2D eigenvalue weighted by Gasteiger charge is 2.16. The number of thiazole rings is 1. The normalized spacial score (nSPS) is 11.6. The van der Waals surface area contributed by atoms with Gasteiger partial charge >= 0.3 is 0 Å². The Morgan fingerprint density at radius 2 is 1.95 bits per heavy atom. The summed E-state index contributed by atoms with van der Waals surface area (Å²) in [5, 5.41) is 10.4. The minimum Gasteiger partial charge on any atom is -0.391 e. The zero-order chi connectivity index (χ0) is 14.4. The Kier molecular flexibility index (Phi) is 6.75. The average Bonchev–Trinajstić information content (AvgIpc) is 2.76. The van der Waals surface area contributed by atoms with Gasteiger partial charge in [0, 0.05) is 19.6 Å². The molecule has 0 amide bonds. The van der Waals surface area contributed by atoms with Crippen molar-refractivity contribution in [2.75, 3.05) is 38.6 Å². The molecule has 110 valence electrons. The van der Waals surface area contributed by atoms with Crippen LogP contribution in [0.4, 0.5) is 5.13 Å². The number of hydrogen-bond acceptors (Lipinski definition) is 5. The first-order valence-electron chi connectivity index (χ1n) is 6.97. The van der Waals surface area contributed by atoms with E-state index in [-0.39, 0.29) is 6.61 Å². The maximum atomic E-state index is 9.39. The summed E-state index contributed by atoms with van der Waals surface area (Å²) < 4.78 is 0. The van der Waals surface area contributed by atoms with Crippen LogP contribution in [-0.2, 0) is 13.0 Å². The lowest BCUT2D eigenvalue weighted by Crippen LogP contribution is -2.34. The highest BCUT2D eigenvalue weighted by Crippen LogP contribution is 2.27. The Hall–Kier alpha value is -0.650. The second-order valence-electron chi connectivity index (χ2n) is 5.52. The molecule has 4 nitrogen and oxygen atoms in total. The molecule has 0 radical (unpaired) electrons. The molecule has 0 atom stereocenters. The van der Waals surface area contributed by atoms with E-state index in [9.17, 15) is 5.11 Å². The number of likely N-dealkylation sites (N-methyl/N-ethyl adjacent to an activating group) is 1. The van der Waals surface area contributed by atoms with Gasteiger partial charge in [0.1, 0.15) is 0 Å². The fourth-order valence-corrected chi connectivity index (χ4v) is 2.97. The third-order valence-corrected chi connectivity index (χ3v) is 4.06. The molecule has 0 saturated heterocycles. The molecule has 1 heterocycles. The summed E-state index contributed by atoms with van der Waals surface area (Å²) in [6, 6.07) is 0. The van der Waals surface area contributed by atoms with E-state index in [0.29, 0.717) is 5.92 Å². The lowest BCUT2D eigenvalue weighted by atomic mass is 10.2. The number of aryl methyl sites for hydroxylation is 1. The summed E-state index contributed by atoms with van der Waals surface area (Å²) in [4.78, 5) is 10.2. The van der Waals surface area contributed by atoms with Crippen LogP contribution >= 0.6 is 11.3 Å². The number of rotatable bonds is 8. The molecule has 0 bridgehead atoms. The molecule has 0 spiro atoms. The van der Waals surface area contributed by atoms with Crippen molar-refractivity contribution in [3.8, 4) is 0 Å². The number of anilines is 1. The Bertz CT molecular complexity index is 355. The average molecular weight is 285 g/mol. The molecule has 1 aromatic heterocycles. The molecule has 1 aromatic rings. The predicted octanol–water partition coefficient (Wildman–Crippen LogP) is 2.22. The fraction of sp³-hybridized carbons (Fsp3) is 0.786. The Morgan fingerprint density at radius 3 is 2.37 bits per heavy atom. The van der Waals surface area contributed by atoms with Crippen LogP contribution in [-0.4, -0.2) is 48.7 Å². The smallest absolute Gasteiger partial charge is 0.185 e. The molecule has 0 saturated carbocycles. The van der Waals surface area contributed by atoms with E-state index >= 15 is 0 Å². The SMILES string of the molecule is CCc1nc(N(CCN(C)C)CC(C)C)sc1CO. The predicted molar refractivity (Wildman–Crippen MR) is 83.0 cm³/mol. The van der Waals surface area contributed by atoms with Crippen LogP contribution in [0.25, 0.3) is 0 Å². The first kappa shape index (κ1) is 16.4. The first-order chi connectivity index (χ1) is 8.97. The second kappa shape index (κ2) is 7.82. The van der Waals surface area contributed by atoms with Crippen molar-refractivity contribution in [1.29, 1.82) is 0 Å². The van der Waals surface area contributed by atoms with Gasteiger partial charge in [-0.05, 0) is 26.4 Å². The molecule has 19 heavy (non-hydrogen) atoms. The van der Waals surface area contributed by atoms with Crippen LogP contribution in [0.3, 0.4) is 0 Å². The minimum absolute atomic E-state index is 0.101. The van der Waals surface area contributed by atoms with Crippen LogP contribution in [0.15, 0.2) is 0 Å². The van der Waals surface area contributed by atoms with Gasteiger partial charge in [-0.2, -0.15) is 0 Å². The molecule has 1 rings (SSSR count). The van der Waals surface area contributed by atoms with Crippen LogP contribution in [0.2, 0.25) is 0 Å². The number of hydrogen-bond donors (Lipinski definition) is 1. The maximum Gasteiger partial charge on any atom is 0.185 e. The molecular weight excluding hydrogens is 258 g/mol. The van der Waals surface area contributed by atoms with Crippen molar-refractivity contribution in [2.24, 2.45) is 5.92 Å². The monoisotopic (exact) mass is 285 g/mol. The van der Waals surface area contributed by atoms with Crippen molar-refractivity contribution >= 4 is 16.5 Å². The molecule has 1 N–H and O–H groups in total. The molecule has 0 unspecified atom stereocenters. The van der Waals surface area contributed by atoms with Gasteiger partial charge in [-0.3, -0.25) is 0 Å². The topological polar surface area (TPSA) is 39.6 Å². The molecule has 0 fully saturated rings. The minimum atomic E-state index is 0.101. The summed E-state index contributed by atoms with van der Waals surface area (Å²) in [7, 11) is 4.18. The highest BCUT2D eigenvalue weighted by atomic mass is 32.1. The van der Waals surface area contributed by atoms with E-state index in [1.807, 2.05) is 0 Å². The van der Waals surface area contributed by atoms with Crippen molar-refractivity contribution in [3.63, 3.8) is 0 Å². The lowest BCUT2D eigenvalue weighted by Gasteiger charge is -2.25. The Balaban J connectivity index is 2.86. The van der Waals surface area contributed by atoms with E-state index in [4.69, 9.17) is 4.98 Å². The zero-order valence-electron chi connectivity index (χ0n) is 12.8. The molecule has 0 aliphatic rings. The number of aromatic nitrogens is 1. The van der Waals surface area contributed by atoms with Crippen LogP contribution in [0.1, 0.15) is 31.3 Å². The van der Waals surface area contributed by atoms with E-state index in [1.54, 1.807) is 11.3 Å². The summed E-state index contributed by atoms with van der Waals surface area (Å²) in [5.74, 6) is 0.605. The molecule has 5 heteroatoms. The highest BCUT2D eigenvalue weighted by molar-refractivity contribution is 7.15. The summed E-state index contributed by atoms with van der Waals surface area (Å²) in [6.07, 6.45) is 0.885. The van der Waals surface area contributed by atoms with Crippen molar-refractivity contribution in [2.45, 2.75) is 33.8 Å². The number of nitrogens with zero attached hydrogens (tertiary/aromatic N) is 3. The van der Waals surface area contributed by atoms with Gasteiger partial charge in [0.15, 0.2) is 5.13 Å². The van der Waals surface area contributed by atoms with Crippen molar-refractivity contribution in [3.05, 3.63) is 10.6 Å². The van der Waals surface area contributed by atoms with E-state index in [0.717, 1.165) is 41.8 Å². The van der Waals surface area contributed by atoms with E-state index < -0.39 is 0 Å². The lowest BCUT2D eigenvalue weighted by molar-refractivity contribution is 0.284. The summed E-state index contributed by atoms with van der Waals surface area (Å²) in [6.45, 7) is 9.65. The summed E-state index contributed by atoms with van der Waals surface area (Å²) in [5.41, 5.74) is 1.04. The number of aliphatic hydroxyl groups is 1. The molecular formula is C14H27N3OS. The standard InChI is InChI=1S/C14H27N3OS/c1-6-12-13(10-18)19-14(15-12)17(9-11(2)3)8-7-16(4)5/h11,18H,6-10H2,1-5H3. The third kappa shape index (κ3) is 5.09. The zero-order valence-corrected chi connectivity index (χ0v) is 13.6. The quantitative estimate of drug-likeness (QED) is 0.795. The van der Waals surface area contributed by atoms with Crippen LogP contribution in [0, 0.1) is 5.92 Å². The molecule has 0 aliphatic heterocycles. The van der Waals surface area contributed by atoms with E-state index in [1.165, 1.54) is 0 Å². The maximum absolute atomic E-state index is 9.39. The Morgan fingerprint density at radius 1 is 1.26 bits per heavy atom. The first-order valence-corrected chi connectivity index (χ1v) is 7.78. The molecule has 0 aliphatic carbocycles. The van der Waals surface area contributed by atoms with E-state index in [2.05, 4.69) is 44.7 Å². The van der Waals surface area contributed by atoms with Gasteiger partial charge in [0.2, 0.25) is 0 Å². The largest absolute Gasteiger partial charge is 0.391 e. The van der Waals surface area contributed by atoms with Crippen molar-refractivity contribution in [1.82, 2.24) is 9.88 Å². The second-order valence-corrected chi connectivity index (χ2v) is 6.58. The van der Waals surface area contributed by atoms with Gasteiger partial charge in [-0.25, -0.2) is 4.98 Å². The Labute approximate surface area is 121 Å². The van der Waals surface area contributed by atoms with Gasteiger partial charge in [-0.1, -0.05) is 32.1 Å². The van der Waals surface area contributed by atoms with Gasteiger partial charge in [0.25, 0.3) is 0 Å². The fourth-order valence-electron chi connectivity index (χ4n) is 1.93. The molecule has 0 aromatic carbocycles. The summed E-state index contributed by atoms with van der Waals surface area (Å²) >= 11 is 1.63. The van der Waals surface area contributed by atoms with Crippen LogP contribution < -0.4 is 4.90 Å². The third-order valence-electron chi connectivity index (χ3n) is 2.92. The van der Waals surface area contributed by atoms with Crippen LogP contribution in [0.5, 0.6) is 0 Å². The van der Waals surface area contributed by atoms with Gasteiger partial charge in [0.05, 0.1) is 17.2 Å². The van der Waals surface area contributed by atoms with Crippen molar-refractivity contribution < 1.29 is 5.11 Å².